The van der Waals surface area contributed by atoms with E-state index in [0.717, 1.165) is 22.4 Å². The predicted octanol–water partition coefficient (Wildman–Crippen LogP) is 3.56. The molecule has 1 atom stereocenters. The maximum Gasteiger partial charge on any atom is 0.269 e. The van der Waals surface area contributed by atoms with Crippen LogP contribution in [0.3, 0.4) is 0 Å². The highest BCUT2D eigenvalue weighted by molar-refractivity contribution is 6.19. The number of benzodiazepines with no additional fused rings is 1. The number of aryl methyl sites for hydroxylation is 1. The zero-order valence-corrected chi connectivity index (χ0v) is 17.2. The average Bonchev–Trinajstić information content (AvgIpc) is 2.95. The number of amides is 2. The number of nitrogens with zero attached hydrogens (tertiary/aromatic N) is 1. The fraction of sp³-hybridized carbons (Fsp3) is 0.160. The van der Waals surface area contributed by atoms with E-state index in [1.807, 2.05) is 78.9 Å². The molecule has 2 N–H and O–H groups in total. The molecule has 0 saturated heterocycles. The van der Waals surface area contributed by atoms with E-state index in [2.05, 4.69) is 15.6 Å². The Balaban J connectivity index is 1.54. The van der Waals surface area contributed by atoms with Gasteiger partial charge in [0.25, 0.3) is 5.91 Å². The summed E-state index contributed by atoms with van der Waals surface area (Å²) in [5.74, 6) is 0.133. The van der Waals surface area contributed by atoms with Crippen LogP contribution >= 0.6 is 0 Å². The van der Waals surface area contributed by atoms with Crippen molar-refractivity contribution in [3.8, 4) is 5.75 Å². The molecule has 156 valence electrons. The van der Waals surface area contributed by atoms with Gasteiger partial charge in [-0.1, -0.05) is 60.7 Å². The van der Waals surface area contributed by atoms with Crippen LogP contribution in [0.2, 0.25) is 0 Å². The maximum atomic E-state index is 12.8. The van der Waals surface area contributed by atoms with Crippen LogP contribution in [-0.2, 0) is 16.0 Å². The summed E-state index contributed by atoms with van der Waals surface area (Å²) in [5.41, 5.74) is 4.01. The Morgan fingerprint density at radius 2 is 1.81 bits per heavy atom. The van der Waals surface area contributed by atoms with Gasteiger partial charge in [0.2, 0.25) is 12.1 Å². The lowest BCUT2D eigenvalue weighted by Crippen LogP contribution is -2.42. The van der Waals surface area contributed by atoms with E-state index in [4.69, 9.17) is 4.74 Å². The number of hydrogen-bond acceptors (Lipinski definition) is 4. The summed E-state index contributed by atoms with van der Waals surface area (Å²) in [6.07, 6.45) is -0.243. The molecule has 0 spiro atoms. The zero-order chi connectivity index (χ0) is 21.6. The number of carbonyl (C=O) groups is 2. The highest BCUT2D eigenvalue weighted by atomic mass is 16.5. The van der Waals surface area contributed by atoms with Crippen molar-refractivity contribution in [2.24, 2.45) is 4.99 Å². The first-order valence-electron chi connectivity index (χ1n) is 10.1. The number of hydrogen-bond donors (Lipinski definition) is 2. The van der Waals surface area contributed by atoms with Crippen LogP contribution in [0.1, 0.15) is 23.1 Å². The van der Waals surface area contributed by atoms with Gasteiger partial charge in [0.05, 0.1) is 18.5 Å². The minimum Gasteiger partial charge on any atom is -0.497 e. The molecule has 3 aromatic carbocycles. The highest BCUT2D eigenvalue weighted by Crippen LogP contribution is 2.23. The van der Waals surface area contributed by atoms with Crippen molar-refractivity contribution < 1.29 is 14.3 Å². The molecule has 31 heavy (non-hydrogen) atoms. The van der Waals surface area contributed by atoms with Gasteiger partial charge in [-0.25, -0.2) is 4.99 Å². The van der Waals surface area contributed by atoms with Crippen molar-refractivity contribution in [2.45, 2.75) is 19.0 Å². The van der Waals surface area contributed by atoms with Crippen molar-refractivity contribution in [3.05, 3.63) is 95.6 Å². The molecule has 6 heteroatoms. The quantitative estimate of drug-likeness (QED) is 0.649. The van der Waals surface area contributed by atoms with Crippen LogP contribution in [0, 0.1) is 0 Å². The summed E-state index contributed by atoms with van der Waals surface area (Å²) < 4.78 is 5.22. The molecule has 0 bridgehead atoms. The van der Waals surface area contributed by atoms with Crippen molar-refractivity contribution >= 4 is 23.2 Å². The van der Waals surface area contributed by atoms with Crippen molar-refractivity contribution in [1.29, 1.82) is 0 Å². The molecule has 0 aromatic heterocycles. The van der Waals surface area contributed by atoms with Gasteiger partial charge in [0.15, 0.2) is 0 Å². The molecule has 0 radical (unpaired) electrons. The summed E-state index contributed by atoms with van der Waals surface area (Å²) in [6, 6.07) is 24.7. The van der Waals surface area contributed by atoms with Crippen molar-refractivity contribution in [1.82, 2.24) is 5.32 Å². The Morgan fingerprint density at radius 1 is 1.03 bits per heavy atom. The average molecular weight is 413 g/mol. The summed E-state index contributed by atoms with van der Waals surface area (Å²) >= 11 is 0. The second-order valence-corrected chi connectivity index (χ2v) is 7.20. The lowest BCUT2D eigenvalue weighted by Gasteiger charge is -2.13. The normalized spacial score (nSPS) is 15.2. The van der Waals surface area contributed by atoms with Gasteiger partial charge >= 0.3 is 0 Å². The molecular weight excluding hydrogens is 390 g/mol. The number of methoxy groups -OCH3 is 1. The Kier molecular flexibility index (Phi) is 6.08. The van der Waals surface area contributed by atoms with Crippen LogP contribution in [0.25, 0.3) is 0 Å². The topological polar surface area (TPSA) is 79.8 Å². The fourth-order valence-corrected chi connectivity index (χ4v) is 3.49. The zero-order valence-electron chi connectivity index (χ0n) is 17.2. The van der Waals surface area contributed by atoms with Crippen LogP contribution in [-0.4, -0.2) is 30.8 Å². The van der Waals surface area contributed by atoms with Crippen molar-refractivity contribution in [2.75, 3.05) is 12.4 Å². The van der Waals surface area contributed by atoms with Crippen LogP contribution in [0.4, 0.5) is 5.69 Å². The minimum atomic E-state index is -1.01. The van der Waals surface area contributed by atoms with Crippen LogP contribution < -0.4 is 15.4 Å². The Bertz CT molecular complexity index is 1130. The van der Waals surface area contributed by atoms with E-state index in [-0.39, 0.29) is 18.2 Å². The third-order valence-electron chi connectivity index (χ3n) is 5.07. The lowest BCUT2D eigenvalue weighted by atomic mass is 10.0. The van der Waals surface area contributed by atoms with Crippen molar-refractivity contribution in [3.63, 3.8) is 0 Å². The van der Waals surface area contributed by atoms with Gasteiger partial charge in [-0.15, -0.1) is 0 Å². The largest absolute Gasteiger partial charge is 0.497 e. The standard InChI is InChI=1S/C25H23N3O3/c1-31-19-11-7-8-17(16-19)14-15-22(29)27-24-25(30)26-21-13-6-5-12-20(21)23(28-24)18-9-3-2-4-10-18/h2-13,16,24H,14-15H2,1H3,(H,26,30)(H,27,29). The van der Waals surface area contributed by atoms with E-state index in [1.165, 1.54) is 0 Å². The summed E-state index contributed by atoms with van der Waals surface area (Å²) in [5, 5.41) is 5.65. The van der Waals surface area contributed by atoms with Crippen LogP contribution in [0.15, 0.2) is 83.9 Å². The summed E-state index contributed by atoms with van der Waals surface area (Å²) in [7, 11) is 1.61. The number of ether oxygens (including phenoxy) is 1. The molecule has 0 saturated carbocycles. The number of rotatable bonds is 6. The molecule has 1 unspecified atom stereocenters. The van der Waals surface area contributed by atoms with E-state index in [0.29, 0.717) is 17.8 Å². The number of fused-ring (bicyclic) bond motifs is 1. The van der Waals surface area contributed by atoms with Crippen LogP contribution in [0.5, 0.6) is 5.75 Å². The van der Waals surface area contributed by atoms with E-state index in [1.54, 1.807) is 7.11 Å². The number of benzene rings is 3. The second kappa shape index (κ2) is 9.26. The Morgan fingerprint density at radius 3 is 2.61 bits per heavy atom. The van der Waals surface area contributed by atoms with Gasteiger partial charge in [0.1, 0.15) is 5.75 Å². The summed E-state index contributed by atoms with van der Waals surface area (Å²) in [6.45, 7) is 0. The molecule has 1 aliphatic heterocycles. The Hall–Kier alpha value is -3.93. The maximum absolute atomic E-state index is 12.8. The fourth-order valence-electron chi connectivity index (χ4n) is 3.49. The number of anilines is 1. The molecule has 2 amide bonds. The lowest BCUT2D eigenvalue weighted by molar-refractivity contribution is -0.126. The van der Waals surface area contributed by atoms with Gasteiger partial charge in [-0.2, -0.15) is 0 Å². The number of nitrogens with one attached hydrogen (secondary N) is 2. The van der Waals surface area contributed by atoms with E-state index in [9.17, 15) is 9.59 Å². The molecule has 4 rings (SSSR count). The molecule has 1 heterocycles. The molecule has 0 aliphatic carbocycles. The third-order valence-corrected chi connectivity index (χ3v) is 5.07. The van der Waals surface area contributed by atoms with Gasteiger partial charge in [0, 0.05) is 17.5 Å². The SMILES string of the molecule is COc1cccc(CCC(=O)NC2N=C(c3ccccc3)c3ccccc3NC2=O)c1. The molecule has 0 fully saturated rings. The first-order valence-corrected chi connectivity index (χ1v) is 10.1. The number of carbonyl (C=O) groups excluding carboxylic acids is 2. The van der Waals surface area contributed by atoms with E-state index < -0.39 is 6.17 Å². The van der Waals surface area contributed by atoms with Gasteiger partial charge in [-0.05, 0) is 30.2 Å². The van der Waals surface area contributed by atoms with Gasteiger partial charge in [-0.3, -0.25) is 9.59 Å². The number of aliphatic imine (C=N–C) groups is 1. The Labute approximate surface area is 181 Å². The van der Waals surface area contributed by atoms with E-state index >= 15 is 0 Å². The number of para-hydroxylation sites is 1. The van der Waals surface area contributed by atoms with Gasteiger partial charge < -0.3 is 15.4 Å². The third kappa shape index (κ3) is 4.80. The highest BCUT2D eigenvalue weighted by Gasteiger charge is 2.26. The predicted molar refractivity (Wildman–Crippen MR) is 120 cm³/mol. The second-order valence-electron chi connectivity index (χ2n) is 7.20. The smallest absolute Gasteiger partial charge is 0.269 e. The monoisotopic (exact) mass is 413 g/mol. The summed E-state index contributed by atoms with van der Waals surface area (Å²) in [4.78, 5) is 30.1. The first-order chi connectivity index (χ1) is 15.1. The molecule has 6 nitrogen and oxygen atoms in total. The molecule has 3 aromatic rings. The minimum absolute atomic E-state index is 0.236. The molecular formula is C25H23N3O3. The first kappa shape index (κ1) is 20.3. The molecule has 1 aliphatic rings.